The number of hydrogen-bond donors (Lipinski definition) is 0. The van der Waals surface area contributed by atoms with Crippen LogP contribution >= 0.6 is 11.8 Å². The number of nitrogens with zero attached hydrogens (tertiary/aromatic N) is 1. The molecule has 0 bridgehead atoms. The lowest BCUT2D eigenvalue weighted by molar-refractivity contribution is 0.615. The van der Waals surface area contributed by atoms with Gasteiger partial charge in [-0.05, 0) is 12.2 Å². The van der Waals surface area contributed by atoms with Crippen molar-refractivity contribution in [1.82, 2.24) is 0 Å². The van der Waals surface area contributed by atoms with Crippen LogP contribution in [0.3, 0.4) is 0 Å². The number of sulfone groups is 1. The second kappa shape index (κ2) is 3.84. The Bertz CT molecular complexity index is 352. The van der Waals surface area contributed by atoms with Crippen LogP contribution in [-0.4, -0.2) is 24.5 Å². The van der Waals surface area contributed by atoms with Crippen LogP contribution in [0.25, 0.3) is 0 Å². The van der Waals surface area contributed by atoms with Gasteiger partial charge in [0, 0.05) is 5.75 Å². The van der Waals surface area contributed by atoms with Crippen molar-refractivity contribution < 1.29 is 8.42 Å². The van der Waals surface area contributed by atoms with Gasteiger partial charge < -0.3 is 0 Å². The van der Waals surface area contributed by atoms with Gasteiger partial charge >= 0.3 is 0 Å². The molecule has 0 aliphatic carbocycles. The van der Waals surface area contributed by atoms with Crippen LogP contribution in [0.4, 0.5) is 0 Å². The Balaban J connectivity index is 2.70. The molecule has 0 atom stereocenters. The number of allylic oxidation sites excluding steroid dienone is 1. The van der Waals surface area contributed by atoms with Gasteiger partial charge in [0.05, 0.1) is 11.1 Å². The number of rotatable bonds is 3. The van der Waals surface area contributed by atoms with Gasteiger partial charge in [0.1, 0.15) is 5.04 Å². The van der Waals surface area contributed by atoms with Gasteiger partial charge in [0.25, 0.3) is 0 Å². The Hall–Kier alpha value is -0.290. The monoisotopic (exact) mass is 219 g/mol. The van der Waals surface area contributed by atoms with Crippen LogP contribution in [0.2, 0.25) is 0 Å². The largest absolute Gasteiger partial charge is 0.244 e. The van der Waals surface area contributed by atoms with E-state index in [-0.39, 0.29) is 0 Å². The lowest BCUT2D eigenvalue weighted by Gasteiger charge is -2.03. The lowest BCUT2D eigenvalue weighted by Crippen LogP contribution is -2.12. The highest BCUT2D eigenvalue weighted by molar-refractivity contribution is 8.12. The zero-order valence-corrected chi connectivity index (χ0v) is 9.58. The summed E-state index contributed by atoms with van der Waals surface area (Å²) in [6.07, 6.45) is 0. The van der Waals surface area contributed by atoms with E-state index in [1.54, 1.807) is 18.7 Å². The highest BCUT2D eigenvalue weighted by atomic mass is 32.2. The van der Waals surface area contributed by atoms with E-state index in [1.165, 1.54) is 5.41 Å². The molecule has 0 aromatic heterocycles. The molecular weight excluding hydrogens is 206 g/mol. The third kappa shape index (κ3) is 2.84. The second-order valence-electron chi connectivity index (χ2n) is 3.17. The Kier molecular flexibility index (Phi) is 3.18. The molecular formula is C8H13NO2S2. The second-order valence-corrected chi connectivity index (χ2v) is 6.53. The fourth-order valence-corrected chi connectivity index (χ4v) is 3.24. The summed E-state index contributed by atoms with van der Waals surface area (Å²) in [5.41, 5.74) is 0.583. The molecule has 74 valence electrons. The van der Waals surface area contributed by atoms with Crippen molar-refractivity contribution in [2.45, 2.75) is 26.0 Å². The zero-order chi connectivity index (χ0) is 10.1. The molecule has 0 aromatic rings. The Morgan fingerprint density at radius 3 is 2.54 bits per heavy atom. The third-order valence-corrected chi connectivity index (χ3v) is 4.33. The van der Waals surface area contributed by atoms with Crippen LogP contribution in [-0.2, 0) is 9.84 Å². The van der Waals surface area contributed by atoms with Crippen molar-refractivity contribution >= 4 is 26.6 Å². The molecule has 0 unspecified atom stereocenters. The van der Waals surface area contributed by atoms with Crippen LogP contribution < -0.4 is 0 Å². The van der Waals surface area contributed by atoms with Gasteiger partial charge in [-0.2, -0.15) is 11.8 Å². The highest BCUT2D eigenvalue weighted by Crippen LogP contribution is 2.19. The first-order valence-electron chi connectivity index (χ1n) is 4.04. The standard InChI is InChI=1S/C8H13NO2S2/c1-6(2)12-4-8-9-7(3)5-13(8,10)11/h5-6H,4H2,1-3H3. The van der Waals surface area contributed by atoms with Crippen molar-refractivity contribution in [2.75, 3.05) is 5.75 Å². The number of thioether (sulfide) groups is 1. The van der Waals surface area contributed by atoms with Crippen LogP contribution in [0.1, 0.15) is 20.8 Å². The van der Waals surface area contributed by atoms with Crippen LogP contribution in [0, 0.1) is 0 Å². The van der Waals surface area contributed by atoms with Gasteiger partial charge in [0.15, 0.2) is 0 Å². The Morgan fingerprint density at radius 2 is 2.15 bits per heavy atom. The minimum absolute atomic E-state index is 0.295. The molecule has 0 N–H and O–H groups in total. The molecule has 1 aliphatic rings. The smallest absolute Gasteiger partial charge is 0.215 e. The molecule has 5 heteroatoms. The van der Waals surface area contributed by atoms with Crippen molar-refractivity contribution in [1.29, 1.82) is 0 Å². The summed E-state index contributed by atoms with van der Waals surface area (Å²) in [7, 11) is -3.16. The molecule has 0 radical (unpaired) electrons. The quantitative estimate of drug-likeness (QED) is 0.727. The minimum atomic E-state index is -3.16. The van der Waals surface area contributed by atoms with E-state index in [1.807, 2.05) is 13.8 Å². The van der Waals surface area contributed by atoms with Crippen molar-refractivity contribution in [3.63, 3.8) is 0 Å². The average Bonchev–Trinajstić information content (AvgIpc) is 2.19. The Morgan fingerprint density at radius 1 is 1.54 bits per heavy atom. The van der Waals surface area contributed by atoms with Crippen molar-refractivity contribution in [3.8, 4) is 0 Å². The van der Waals surface area contributed by atoms with Crippen molar-refractivity contribution in [3.05, 3.63) is 11.1 Å². The molecule has 0 saturated carbocycles. The molecule has 0 fully saturated rings. The maximum absolute atomic E-state index is 11.4. The molecule has 1 aliphatic heterocycles. The van der Waals surface area contributed by atoms with Gasteiger partial charge in [-0.25, -0.2) is 13.4 Å². The maximum Gasteiger partial charge on any atom is 0.215 e. The predicted octanol–water partition coefficient (Wildman–Crippen LogP) is 1.82. The van der Waals surface area contributed by atoms with E-state index in [4.69, 9.17) is 0 Å². The average molecular weight is 219 g/mol. The summed E-state index contributed by atoms with van der Waals surface area (Å²) in [5.74, 6) is 0.480. The van der Waals surface area contributed by atoms with E-state index in [0.29, 0.717) is 21.7 Å². The third-order valence-electron chi connectivity index (χ3n) is 1.50. The van der Waals surface area contributed by atoms with Crippen LogP contribution in [0.15, 0.2) is 16.1 Å². The first kappa shape index (κ1) is 10.8. The normalized spacial score (nSPS) is 20.3. The Labute approximate surface area is 83.2 Å². The van der Waals surface area contributed by atoms with Gasteiger partial charge in [-0.15, -0.1) is 0 Å². The minimum Gasteiger partial charge on any atom is -0.244 e. The van der Waals surface area contributed by atoms with E-state index >= 15 is 0 Å². The molecule has 0 saturated heterocycles. The summed E-state index contributed by atoms with van der Waals surface area (Å²) >= 11 is 1.59. The fraction of sp³-hybridized carbons (Fsp3) is 0.625. The van der Waals surface area contributed by atoms with Crippen molar-refractivity contribution in [2.24, 2.45) is 4.99 Å². The van der Waals surface area contributed by atoms with Gasteiger partial charge in [0.2, 0.25) is 9.84 Å². The highest BCUT2D eigenvalue weighted by Gasteiger charge is 2.22. The van der Waals surface area contributed by atoms with Crippen LogP contribution in [0.5, 0.6) is 0 Å². The molecule has 0 aromatic carbocycles. The molecule has 13 heavy (non-hydrogen) atoms. The topological polar surface area (TPSA) is 46.5 Å². The first-order chi connectivity index (χ1) is 5.92. The zero-order valence-electron chi connectivity index (χ0n) is 7.94. The summed E-state index contributed by atoms with van der Waals surface area (Å²) in [6.45, 7) is 5.77. The van der Waals surface area contributed by atoms with E-state index in [9.17, 15) is 8.42 Å². The number of aliphatic imine (C=N–C) groups is 1. The molecule has 0 spiro atoms. The van der Waals surface area contributed by atoms with Gasteiger partial charge in [-0.3, -0.25) is 0 Å². The summed E-state index contributed by atoms with van der Waals surface area (Å²) in [5, 5.41) is 1.95. The predicted molar refractivity (Wildman–Crippen MR) is 57.7 cm³/mol. The SMILES string of the molecule is CC1=CS(=O)(=O)C(CSC(C)C)=N1. The summed E-state index contributed by atoms with van der Waals surface area (Å²) in [4.78, 5) is 3.98. The van der Waals surface area contributed by atoms with E-state index in [0.717, 1.165) is 0 Å². The summed E-state index contributed by atoms with van der Waals surface area (Å²) in [6, 6.07) is 0. The van der Waals surface area contributed by atoms with Gasteiger partial charge in [-0.1, -0.05) is 13.8 Å². The molecule has 3 nitrogen and oxygen atoms in total. The molecule has 0 amide bonds. The summed E-state index contributed by atoms with van der Waals surface area (Å²) < 4.78 is 22.7. The molecule has 1 heterocycles. The maximum atomic E-state index is 11.4. The van der Waals surface area contributed by atoms with E-state index < -0.39 is 9.84 Å². The fourth-order valence-electron chi connectivity index (χ4n) is 0.932. The number of hydrogen-bond acceptors (Lipinski definition) is 4. The van der Waals surface area contributed by atoms with E-state index in [2.05, 4.69) is 4.99 Å². The lowest BCUT2D eigenvalue weighted by atomic mass is 10.6. The molecule has 1 rings (SSSR count). The first-order valence-corrected chi connectivity index (χ1v) is 6.64.